The smallest absolute Gasteiger partial charge is 0.335 e. The van der Waals surface area contributed by atoms with Crippen LogP contribution in [0.15, 0.2) is 122 Å². The molecule has 0 radical (unpaired) electrons. The Bertz CT molecular complexity index is 3480. The van der Waals surface area contributed by atoms with Gasteiger partial charge in [0, 0.05) is 51.8 Å². The van der Waals surface area contributed by atoms with E-state index in [9.17, 15) is 61.8 Å². The van der Waals surface area contributed by atoms with Crippen molar-refractivity contribution in [3.8, 4) is 0 Å². The lowest BCUT2D eigenvalue weighted by molar-refractivity contribution is -0.433. The van der Waals surface area contributed by atoms with Crippen molar-refractivity contribution in [2.45, 2.75) is 72.0 Å². The number of carboxylic acids is 1. The van der Waals surface area contributed by atoms with Crippen molar-refractivity contribution in [3.05, 3.63) is 125 Å². The number of hydrogen-bond donors (Lipinski definition) is 1. The van der Waals surface area contributed by atoms with E-state index in [2.05, 4.69) is 0 Å². The number of fused-ring (bicyclic) bond motifs is 6. The molecule has 0 aromatic heterocycles. The average Bonchev–Trinajstić information content (AvgIpc) is 3.56. The van der Waals surface area contributed by atoms with E-state index in [1.165, 1.54) is 36.4 Å². The summed E-state index contributed by atoms with van der Waals surface area (Å²) in [6.07, 6.45) is 7.06. The molecule has 2 aliphatic rings. The first-order valence-corrected chi connectivity index (χ1v) is 25.1. The standard InChI is InChI=1S/C44H42N2O14S4/c1-7-45-34-23-36(63(55,56)57)32-21-28(61(49,50)51)15-17-30(32)40(34)43(3,4)38(45)19-13-26(25-9-11-27(12-10-25)42(47)48)14-20-39-44(5,6)41-31-18-16-29(62(52,53)54)22-33(31)37(64(58,59)60)24-35(41)46(39)8-2/h9-24H,7-8H2,1-6H3,(H4-,47,48,49,50,51,52,53,54,55,56,57,58,59,60)/p-3. The molecule has 2 aliphatic heterocycles. The predicted molar refractivity (Wildman–Crippen MR) is 233 cm³/mol. The van der Waals surface area contributed by atoms with Crippen LogP contribution in [0.3, 0.4) is 0 Å². The molecule has 0 amide bonds. The highest BCUT2D eigenvalue weighted by Gasteiger charge is 2.46. The first-order chi connectivity index (χ1) is 29.5. The Kier molecular flexibility index (Phi) is 11.3. The largest absolute Gasteiger partial charge is 0.744 e. The monoisotopic (exact) mass is 947 g/mol. The lowest BCUT2D eigenvalue weighted by Crippen LogP contribution is -2.27. The van der Waals surface area contributed by atoms with Crippen LogP contribution in [0.1, 0.15) is 68.6 Å². The molecular weight excluding hydrogens is 909 g/mol. The summed E-state index contributed by atoms with van der Waals surface area (Å²) in [5, 5.41) is 9.68. The van der Waals surface area contributed by atoms with Gasteiger partial charge >= 0.3 is 5.97 Å². The molecule has 2 heterocycles. The summed E-state index contributed by atoms with van der Waals surface area (Å²) in [7, 11) is -20.5. The summed E-state index contributed by atoms with van der Waals surface area (Å²) >= 11 is 0. The number of carboxylic acid groups (broad SMARTS) is 1. The Morgan fingerprint density at radius 3 is 1.62 bits per heavy atom. The summed E-state index contributed by atoms with van der Waals surface area (Å²) in [4.78, 5) is 10.8. The van der Waals surface area contributed by atoms with Gasteiger partial charge in [-0.1, -0.05) is 44.2 Å². The molecule has 64 heavy (non-hydrogen) atoms. The Hall–Kier alpha value is -5.58. The molecule has 0 fully saturated rings. The molecule has 5 aromatic rings. The minimum absolute atomic E-state index is 0.0155. The van der Waals surface area contributed by atoms with Gasteiger partial charge in [-0.05, 0) is 110 Å². The number of allylic oxidation sites excluding steroid dienone is 6. The van der Waals surface area contributed by atoms with Crippen molar-refractivity contribution in [1.29, 1.82) is 0 Å². The molecular formula is C44H39N2O14S4-3. The van der Waals surface area contributed by atoms with E-state index in [-0.39, 0.29) is 40.2 Å². The molecule has 1 N–H and O–H groups in total. The highest BCUT2D eigenvalue weighted by atomic mass is 32.2. The van der Waals surface area contributed by atoms with Gasteiger partial charge in [-0.25, -0.2) is 38.5 Å². The molecule has 5 aromatic carbocycles. The number of nitrogens with zero attached hydrogens (tertiary/aromatic N) is 2. The lowest BCUT2D eigenvalue weighted by atomic mass is 9.78. The summed E-state index contributed by atoms with van der Waals surface area (Å²) < 4.78 is 150. The second-order valence-corrected chi connectivity index (χ2v) is 21.7. The number of rotatable bonds is 11. The van der Waals surface area contributed by atoms with Crippen LogP contribution in [0.2, 0.25) is 0 Å². The first kappa shape index (κ1) is 46.4. The first-order valence-electron chi connectivity index (χ1n) is 19.5. The van der Waals surface area contributed by atoms with E-state index in [4.69, 9.17) is 0 Å². The Labute approximate surface area is 370 Å². The number of carbonyl (C=O) groups is 1. The summed E-state index contributed by atoms with van der Waals surface area (Å²) in [5.41, 5.74) is 2.28. The van der Waals surface area contributed by atoms with Gasteiger partial charge < -0.3 is 28.2 Å². The third kappa shape index (κ3) is 7.87. The normalized spacial score (nSPS) is 17.2. The van der Waals surface area contributed by atoms with Crippen LogP contribution in [0.25, 0.3) is 27.1 Å². The highest BCUT2D eigenvalue weighted by molar-refractivity contribution is 7.86. The molecule has 0 aliphatic carbocycles. The maximum absolute atomic E-state index is 12.7. The molecule has 0 saturated heterocycles. The maximum Gasteiger partial charge on any atom is 0.335 e. The molecule has 0 unspecified atom stereocenters. The van der Waals surface area contributed by atoms with Crippen molar-refractivity contribution < 1.29 is 66.4 Å². The van der Waals surface area contributed by atoms with Crippen molar-refractivity contribution in [3.63, 3.8) is 0 Å². The lowest BCUT2D eigenvalue weighted by Gasteiger charge is -2.26. The van der Waals surface area contributed by atoms with Crippen LogP contribution >= 0.6 is 0 Å². The molecule has 7 rings (SSSR count). The second kappa shape index (κ2) is 15.5. The van der Waals surface area contributed by atoms with E-state index in [1.807, 2.05) is 27.7 Å². The van der Waals surface area contributed by atoms with E-state index in [1.54, 1.807) is 59.8 Å². The maximum atomic E-state index is 12.7. The Morgan fingerprint density at radius 1 is 0.656 bits per heavy atom. The van der Waals surface area contributed by atoms with Gasteiger partial charge in [-0.2, -0.15) is 4.58 Å². The van der Waals surface area contributed by atoms with Crippen molar-refractivity contribution >= 4 is 90.6 Å². The van der Waals surface area contributed by atoms with E-state index < -0.39 is 76.9 Å². The number of aromatic carboxylic acids is 1. The molecule has 336 valence electrons. The minimum Gasteiger partial charge on any atom is -0.744 e. The Morgan fingerprint density at radius 2 is 1.16 bits per heavy atom. The average molecular weight is 948 g/mol. The van der Waals surface area contributed by atoms with Crippen molar-refractivity contribution in [2.75, 3.05) is 18.0 Å². The number of hydrogen-bond acceptors (Lipinski definition) is 14. The fourth-order valence-corrected chi connectivity index (χ4v) is 11.4. The van der Waals surface area contributed by atoms with Gasteiger partial charge in [0.15, 0.2) is 5.71 Å². The van der Waals surface area contributed by atoms with Crippen LogP contribution in [-0.4, -0.2) is 86.3 Å². The van der Waals surface area contributed by atoms with Gasteiger partial charge in [0.2, 0.25) is 5.69 Å². The van der Waals surface area contributed by atoms with Crippen LogP contribution in [0, 0.1) is 0 Å². The fraction of sp³-hybridized carbons (Fsp3) is 0.227. The number of likely N-dealkylation sites (N-methyl/N-ethyl adjacent to an activating group) is 1. The summed E-state index contributed by atoms with van der Waals surface area (Å²) in [6, 6.07) is 14.9. The molecule has 16 nitrogen and oxygen atoms in total. The van der Waals surface area contributed by atoms with E-state index in [0.717, 1.165) is 24.3 Å². The summed E-state index contributed by atoms with van der Waals surface area (Å²) in [5.74, 6) is -1.16. The van der Waals surface area contributed by atoms with Crippen LogP contribution in [0.5, 0.6) is 0 Å². The highest BCUT2D eigenvalue weighted by Crippen LogP contribution is 2.53. The molecule has 0 saturated carbocycles. The number of anilines is 1. The quantitative estimate of drug-likeness (QED) is 0.0897. The van der Waals surface area contributed by atoms with Crippen LogP contribution in [-0.2, 0) is 51.3 Å². The van der Waals surface area contributed by atoms with Crippen molar-refractivity contribution in [2.24, 2.45) is 0 Å². The third-order valence-electron chi connectivity index (χ3n) is 11.8. The van der Waals surface area contributed by atoms with Gasteiger partial charge in [0.1, 0.15) is 47.0 Å². The van der Waals surface area contributed by atoms with E-state index >= 15 is 0 Å². The van der Waals surface area contributed by atoms with Gasteiger partial charge in [0.05, 0.1) is 30.6 Å². The zero-order chi connectivity index (χ0) is 47.3. The van der Waals surface area contributed by atoms with Gasteiger partial charge in [-0.3, -0.25) is 0 Å². The Balaban J connectivity index is 1.44. The zero-order valence-electron chi connectivity index (χ0n) is 34.9. The summed E-state index contributed by atoms with van der Waals surface area (Å²) in [6.45, 7) is 11.6. The fourth-order valence-electron chi connectivity index (χ4n) is 9.04. The SMILES string of the molecule is CCN1/C(=C/C=C(/C=C/C2=[N+](CC)c3cc(S(=O)(=O)[O-])c4cc(S(=O)(=O)[O-])ccc4c3C2(C)C)c2ccc(C(=O)O)cc2)C(C)(C)c2c1cc(S(=O)(=O)[O-])c1cc(S(=O)(=O)[O-])ccc21. The zero-order valence-corrected chi connectivity index (χ0v) is 38.2. The topological polar surface area (TPSA) is 272 Å². The molecule has 0 atom stereocenters. The second-order valence-electron chi connectivity index (χ2n) is 16.3. The molecule has 20 heteroatoms. The van der Waals surface area contributed by atoms with E-state index in [0.29, 0.717) is 45.0 Å². The van der Waals surface area contributed by atoms with Crippen LogP contribution < -0.4 is 4.90 Å². The van der Waals surface area contributed by atoms with Crippen molar-refractivity contribution in [1.82, 2.24) is 0 Å². The third-order valence-corrected chi connectivity index (χ3v) is 15.3. The van der Waals surface area contributed by atoms with Gasteiger partial charge in [-0.15, -0.1) is 0 Å². The molecule has 0 spiro atoms. The van der Waals surface area contributed by atoms with Crippen LogP contribution in [0.4, 0.5) is 11.4 Å². The van der Waals surface area contributed by atoms with Gasteiger partial charge in [0.25, 0.3) is 0 Å². The molecule has 0 bridgehead atoms. The minimum atomic E-state index is -5.20. The number of benzene rings is 5. The predicted octanol–water partition coefficient (Wildman–Crippen LogP) is 6.05.